The van der Waals surface area contributed by atoms with Gasteiger partial charge in [-0.2, -0.15) is 0 Å². The Balaban J connectivity index is 1.77. The highest BCUT2D eigenvalue weighted by Gasteiger charge is 2.04. The van der Waals surface area contributed by atoms with Crippen molar-refractivity contribution in [2.24, 2.45) is 0 Å². The number of fused-ring (bicyclic) bond motifs is 1. The Morgan fingerprint density at radius 2 is 1.85 bits per heavy atom. The molecule has 3 nitrogen and oxygen atoms in total. The van der Waals surface area contributed by atoms with E-state index < -0.39 is 0 Å². The van der Waals surface area contributed by atoms with Crippen molar-refractivity contribution in [3.05, 3.63) is 58.9 Å². The molecule has 102 valence electrons. The van der Waals surface area contributed by atoms with E-state index in [1.807, 2.05) is 12.1 Å². The van der Waals surface area contributed by atoms with E-state index in [-0.39, 0.29) is 0 Å². The molecule has 1 N–H and O–H groups in total. The second kappa shape index (κ2) is 5.00. The molecule has 0 fully saturated rings. The van der Waals surface area contributed by atoms with Crippen molar-refractivity contribution in [2.45, 2.75) is 27.4 Å². The number of aryl methyl sites for hydroxylation is 3. The lowest BCUT2D eigenvalue weighted by Crippen LogP contribution is -1.97. The van der Waals surface area contributed by atoms with Gasteiger partial charge in [-0.05, 0) is 61.7 Å². The molecule has 0 unspecified atom stereocenters. The first-order chi connectivity index (χ1) is 9.61. The third-order valence-corrected chi connectivity index (χ3v) is 3.54. The molecule has 1 heterocycles. The number of rotatable bonds is 3. The molecule has 2 aromatic carbocycles. The molecule has 0 spiro atoms. The number of benzene rings is 2. The van der Waals surface area contributed by atoms with Crippen LogP contribution >= 0.6 is 0 Å². The summed E-state index contributed by atoms with van der Waals surface area (Å²) in [4.78, 5) is 7.82. The summed E-state index contributed by atoms with van der Waals surface area (Å²) in [6.07, 6.45) is 0. The van der Waals surface area contributed by atoms with Crippen molar-refractivity contribution in [3.8, 4) is 5.75 Å². The van der Waals surface area contributed by atoms with Crippen LogP contribution in [0.5, 0.6) is 5.75 Å². The molecule has 3 aromatic rings. The monoisotopic (exact) mass is 266 g/mol. The van der Waals surface area contributed by atoms with E-state index in [1.165, 1.54) is 16.7 Å². The predicted octanol–water partition coefficient (Wildman–Crippen LogP) is 4.07. The van der Waals surface area contributed by atoms with Gasteiger partial charge in [-0.25, -0.2) is 4.98 Å². The third-order valence-electron chi connectivity index (χ3n) is 3.54. The highest BCUT2D eigenvalue weighted by molar-refractivity contribution is 5.75. The number of aromatic amines is 1. The molecule has 0 atom stereocenters. The zero-order valence-electron chi connectivity index (χ0n) is 12.0. The van der Waals surface area contributed by atoms with Crippen LogP contribution in [0.3, 0.4) is 0 Å². The van der Waals surface area contributed by atoms with Gasteiger partial charge in [-0.3, -0.25) is 0 Å². The van der Waals surface area contributed by atoms with E-state index in [1.54, 1.807) is 0 Å². The fraction of sp³-hybridized carbons (Fsp3) is 0.235. The zero-order valence-corrected chi connectivity index (χ0v) is 12.0. The Morgan fingerprint density at radius 3 is 2.65 bits per heavy atom. The molecule has 0 aliphatic heterocycles. The summed E-state index contributed by atoms with van der Waals surface area (Å²) in [7, 11) is 0. The maximum absolute atomic E-state index is 5.79. The average Bonchev–Trinajstić information content (AvgIpc) is 2.82. The normalized spacial score (nSPS) is 10.9. The van der Waals surface area contributed by atoms with Gasteiger partial charge in [-0.1, -0.05) is 12.1 Å². The summed E-state index contributed by atoms with van der Waals surface area (Å²) in [6.45, 7) is 6.72. The number of ether oxygens (including phenoxy) is 1. The number of nitrogens with zero attached hydrogens (tertiary/aromatic N) is 1. The largest absolute Gasteiger partial charge is 0.486 e. The van der Waals surface area contributed by atoms with E-state index in [4.69, 9.17) is 4.74 Å². The summed E-state index contributed by atoms with van der Waals surface area (Å²) in [5.41, 5.74) is 5.78. The van der Waals surface area contributed by atoms with E-state index >= 15 is 0 Å². The van der Waals surface area contributed by atoms with Gasteiger partial charge in [0.1, 0.15) is 18.2 Å². The van der Waals surface area contributed by atoms with Crippen LogP contribution in [-0.4, -0.2) is 9.97 Å². The van der Waals surface area contributed by atoms with Crippen LogP contribution in [0.4, 0.5) is 0 Å². The molecule has 0 bridgehead atoms. The Hall–Kier alpha value is -2.29. The summed E-state index contributed by atoms with van der Waals surface area (Å²) >= 11 is 0. The van der Waals surface area contributed by atoms with Crippen LogP contribution in [0.15, 0.2) is 36.4 Å². The molecule has 0 saturated carbocycles. The number of nitrogens with one attached hydrogen (secondary N) is 1. The fourth-order valence-electron chi connectivity index (χ4n) is 2.20. The van der Waals surface area contributed by atoms with Gasteiger partial charge in [0.2, 0.25) is 0 Å². The average molecular weight is 266 g/mol. The molecule has 20 heavy (non-hydrogen) atoms. The van der Waals surface area contributed by atoms with Crippen LogP contribution in [0.1, 0.15) is 22.5 Å². The molecule has 3 rings (SSSR count). The summed E-state index contributed by atoms with van der Waals surface area (Å²) in [5, 5.41) is 0. The number of aromatic nitrogens is 2. The van der Waals surface area contributed by atoms with Gasteiger partial charge in [0.05, 0.1) is 11.0 Å². The van der Waals surface area contributed by atoms with Crippen molar-refractivity contribution >= 4 is 11.0 Å². The lowest BCUT2D eigenvalue weighted by molar-refractivity contribution is 0.297. The van der Waals surface area contributed by atoms with E-state index in [9.17, 15) is 0 Å². The van der Waals surface area contributed by atoms with Crippen LogP contribution in [0.25, 0.3) is 11.0 Å². The van der Waals surface area contributed by atoms with Crippen LogP contribution in [0.2, 0.25) is 0 Å². The quantitative estimate of drug-likeness (QED) is 0.776. The Bertz CT molecular complexity index is 759. The van der Waals surface area contributed by atoms with E-state index in [0.717, 1.165) is 22.6 Å². The minimum absolute atomic E-state index is 0.455. The van der Waals surface area contributed by atoms with Crippen molar-refractivity contribution in [1.29, 1.82) is 0 Å². The Kier molecular flexibility index (Phi) is 3.18. The van der Waals surface area contributed by atoms with Gasteiger partial charge in [0.25, 0.3) is 0 Å². The molecule has 0 aliphatic carbocycles. The SMILES string of the molecule is Cc1ccc2nc(COc3ccc(C)c(C)c3)[nH]c2c1. The second-order valence-corrected chi connectivity index (χ2v) is 5.24. The maximum atomic E-state index is 5.79. The van der Waals surface area contributed by atoms with Crippen molar-refractivity contribution in [3.63, 3.8) is 0 Å². The second-order valence-electron chi connectivity index (χ2n) is 5.24. The summed E-state index contributed by atoms with van der Waals surface area (Å²) in [5.74, 6) is 1.73. The van der Waals surface area contributed by atoms with Crippen molar-refractivity contribution in [2.75, 3.05) is 0 Å². The van der Waals surface area contributed by atoms with Gasteiger partial charge in [0, 0.05) is 0 Å². The summed E-state index contributed by atoms with van der Waals surface area (Å²) < 4.78 is 5.79. The van der Waals surface area contributed by atoms with Crippen molar-refractivity contribution in [1.82, 2.24) is 9.97 Å². The van der Waals surface area contributed by atoms with Crippen molar-refractivity contribution < 1.29 is 4.74 Å². The van der Waals surface area contributed by atoms with E-state index in [0.29, 0.717) is 6.61 Å². The molecular formula is C17H18N2O. The van der Waals surface area contributed by atoms with Gasteiger partial charge in [-0.15, -0.1) is 0 Å². The zero-order chi connectivity index (χ0) is 14.1. The van der Waals surface area contributed by atoms with Gasteiger partial charge < -0.3 is 9.72 Å². The first-order valence-corrected chi connectivity index (χ1v) is 6.77. The van der Waals surface area contributed by atoms with Crippen LogP contribution in [0, 0.1) is 20.8 Å². The van der Waals surface area contributed by atoms with Crippen LogP contribution in [-0.2, 0) is 6.61 Å². The number of imidazole rings is 1. The number of hydrogen-bond acceptors (Lipinski definition) is 2. The molecule has 0 aliphatic rings. The molecule has 0 radical (unpaired) electrons. The highest BCUT2D eigenvalue weighted by Crippen LogP contribution is 2.18. The Morgan fingerprint density at radius 1 is 1.00 bits per heavy atom. The molecule has 3 heteroatoms. The standard InChI is InChI=1S/C17H18N2O/c1-11-4-7-15-16(8-11)19-17(18-15)10-20-14-6-5-12(2)13(3)9-14/h4-9H,10H2,1-3H3,(H,18,19). The molecular weight excluding hydrogens is 248 g/mol. The van der Waals surface area contributed by atoms with Crippen LogP contribution < -0.4 is 4.74 Å². The smallest absolute Gasteiger partial charge is 0.146 e. The topological polar surface area (TPSA) is 37.9 Å². The first-order valence-electron chi connectivity index (χ1n) is 6.77. The first kappa shape index (κ1) is 12.7. The molecule has 1 aromatic heterocycles. The Labute approximate surface area is 118 Å². The third kappa shape index (κ3) is 2.52. The minimum Gasteiger partial charge on any atom is -0.486 e. The maximum Gasteiger partial charge on any atom is 0.146 e. The molecule has 0 saturated heterocycles. The predicted molar refractivity (Wildman–Crippen MR) is 81.1 cm³/mol. The number of H-pyrrole nitrogens is 1. The highest BCUT2D eigenvalue weighted by atomic mass is 16.5. The van der Waals surface area contributed by atoms with Gasteiger partial charge >= 0.3 is 0 Å². The lowest BCUT2D eigenvalue weighted by atomic mass is 10.1. The minimum atomic E-state index is 0.455. The number of hydrogen-bond donors (Lipinski definition) is 1. The fourth-order valence-corrected chi connectivity index (χ4v) is 2.20. The summed E-state index contributed by atoms with van der Waals surface area (Å²) in [6, 6.07) is 12.3. The molecule has 0 amide bonds. The van der Waals surface area contributed by atoms with E-state index in [2.05, 4.69) is 55.0 Å². The van der Waals surface area contributed by atoms with Gasteiger partial charge in [0.15, 0.2) is 0 Å². The lowest BCUT2D eigenvalue weighted by Gasteiger charge is -2.06.